The van der Waals surface area contributed by atoms with E-state index in [9.17, 15) is 4.91 Å². The summed E-state index contributed by atoms with van der Waals surface area (Å²) >= 11 is 0. The van der Waals surface area contributed by atoms with Gasteiger partial charge in [0.15, 0.2) is 0 Å². The molecule has 0 amide bonds. The quantitative estimate of drug-likeness (QED) is 0.398. The SMILES string of the molecule is CC(O)CCCCCCC(CC[C@@H](C)CO)CN=O. The van der Waals surface area contributed by atoms with Crippen LogP contribution >= 0.6 is 0 Å². The Kier molecular flexibility index (Phi) is 12.2. The highest BCUT2D eigenvalue weighted by molar-refractivity contribution is 4.65. The first-order valence-electron chi connectivity index (χ1n) is 7.68. The van der Waals surface area contributed by atoms with Crippen LogP contribution in [0.15, 0.2) is 5.18 Å². The topological polar surface area (TPSA) is 69.9 Å². The molecule has 0 saturated carbocycles. The van der Waals surface area contributed by atoms with Gasteiger partial charge in [0.2, 0.25) is 0 Å². The highest BCUT2D eigenvalue weighted by Gasteiger charge is 2.11. The standard InChI is InChI=1S/C15H31NO3/c1-13(12-17)9-10-15(11-16-19)8-6-4-3-5-7-14(2)18/h13-15,17-18H,3-12H2,1-2H3/t13-,14?,15?/m1/s1. The first-order valence-corrected chi connectivity index (χ1v) is 7.68. The van der Waals surface area contributed by atoms with Crippen molar-refractivity contribution in [2.24, 2.45) is 17.0 Å². The minimum Gasteiger partial charge on any atom is -0.396 e. The van der Waals surface area contributed by atoms with Crippen LogP contribution in [-0.2, 0) is 0 Å². The van der Waals surface area contributed by atoms with Crippen molar-refractivity contribution in [2.45, 2.75) is 71.3 Å². The van der Waals surface area contributed by atoms with Crippen molar-refractivity contribution in [1.29, 1.82) is 0 Å². The molecular formula is C15H31NO3. The number of hydrogen-bond donors (Lipinski definition) is 2. The van der Waals surface area contributed by atoms with Gasteiger partial charge >= 0.3 is 0 Å². The summed E-state index contributed by atoms with van der Waals surface area (Å²) in [4.78, 5) is 10.4. The zero-order chi connectivity index (χ0) is 14.5. The van der Waals surface area contributed by atoms with E-state index in [4.69, 9.17) is 10.2 Å². The molecule has 0 radical (unpaired) electrons. The van der Waals surface area contributed by atoms with Gasteiger partial charge in [0, 0.05) is 6.61 Å². The van der Waals surface area contributed by atoms with Gasteiger partial charge in [0.1, 0.15) is 0 Å². The molecular weight excluding hydrogens is 242 g/mol. The molecule has 4 heteroatoms. The summed E-state index contributed by atoms with van der Waals surface area (Å²) in [5, 5.41) is 21.2. The lowest BCUT2D eigenvalue weighted by molar-refractivity contribution is 0.180. The molecule has 0 aliphatic rings. The Morgan fingerprint density at radius 1 is 0.947 bits per heavy atom. The van der Waals surface area contributed by atoms with Crippen LogP contribution in [0.1, 0.15) is 65.2 Å². The van der Waals surface area contributed by atoms with E-state index in [2.05, 4.69) is 5.18 Å². The number of nitroso groups, excluding NO2 is 1. The predicted octanol–water partition coefficient (Wildman–Crippen LogP) is 3.50. The van der Waals surface area contributed by atoms with Crippen molar-refractivity contribution in [3.05, 3.63) is 4.91 Å². The van der Waals surface area contributed by atoms with Crippen LogP contribution in [0.4, 0.5) is 0 Å². The van der Waals surface area contributed by atoms with Gasteiger partial charge in [-0.25, -0.2) is 0 Å². The molecule has 0 fully saturated rings. The van der Waals surface area contributed by atoms with Crippen LogP contribution in [0.2, 0.25) is 0 Å². The van der Waals surface area contributed by atoms with Crippen LogP contribution in [0.5, 0.6) is 0 Å². The second-order valence-electron chi connectivity index (χ2n) is 5.88. The number of aliphatic hydroxyl groups is 2. The van der Waals surface area contributed by atoms with E-state index in [0.29, 0.717) is 18.4 Å². The minimum absolute atomic E-state index is 0.188. The summed E-state index contributed by atoms with van der Waals surface area (Å²) in [5.41, 5.74) is 0. The van der Waals surface area contributed by atoms with E-state index >= 15 is 0 Å². The van der Waals surface area contributed by atoms with Crippen LogP contribution in [0.25, 0.3) is 0 Å². The molecule has 0 heterocycles. The highest BCUT2D eigenvalue weighted by atomic mass is 16.3. The van der Waals surface area contributed by atoms with Crippen molar-refractivity contribution in [1.82, 2.24) is 0 Å². The summed E-state index contributed by atoms with van der Waals surface area (Å²) < 4.78 is 0. The average molecular weight is 273 g/mol. The number of aliphatic hydroxyl groups excluding tert-OH is 2. The summed E-state index contributed by atoms with van der Waals surface area (Å²) in [6.07, 6.45) is 8.23. The Bertz CT molecular complexity index is 210. The van der Waals surface area contributed by atoms with Crippen molar-refractivity contribution in [3.8, 4) is 0 Å². The van der Waals surface area contributed by atoms with Crippen LogP contribution < -0.4 is 0 Å². The van der Waals surface area contributed by atoms with Crippen molar-refractivity contribution >= 4 is 0 Å². The molecule has 2 unspecified atom stereocenters. The summed E-state index contributed by atoms with van der Waals surface area (Å²) in [6, 6.07) is 0. The van der Waals surface area contributed by atoms with Gasteiger partial charge < -0.3 is 10.2 Å². The molecule has 0 rings (SSSR count). The molecule has 0 aliphatic heterocycles. The molecule has 0 aromatic heterocycles. The van der Waals surface area contributed by atoms with E-state index in [0.717, 1.165) is 51.4 Å². The third kappa shape index (κ3) is 12.3. The maximum Gasteiger partial charge on any atom is 0.0839 e. The Morgan fingerprint density at radius 2 is 1.58 bits per heavy atom. The smallest absolute Gasteiger partial charge is 0.0839 e. The Balaban J connectivity index is 3.61. The van der Waals surface area contributed by atoms with Gasteiger partial charge in [-0.2, -0.15) is 4.91 Å². The Hall–Kier alpha value is -0.480. The van der Waals surface area contributed by atoms with E-state index in [-0.39, 0.29) is 12.7 Å². The average Bonchev–Trinajstić information content (AvgIpc) is 2.38. The normalized spacial score (nSPS) is 16.0. The third-order valence-corrected chi connectivity index (χ3v) is 3.70. The van der Waals surface area contributed by atoms with Gasteiger partial charge in [-0.1, -0.05) is 37.8 Å². The third-order valence-electron chi connectivity index (χ3n) is 3.70. The molecule has 0 saturated heterocycles. The van der Waals surface area contributed by atoms with Crippen LogP contribution in [0.3, 0.4) is 0 Å². The van der Waals surface area contributed by atoms with E-state index in [1.807, 2.05) is 13.8 Å². The first kappa shape index (κ1) is 18.5. The van der Waals surface area contributed by atoms with Gasteiger partial charge in [-0.3, -0.25) is 0 Å². The molecule has 0 bridgehead atoms. The van der Waals surface area contributed by atoms with Crippen LogP contribution in [-0.4, -0.2) is 29.5 Å². The fraction of sp³-hybridized carbons (Fsp3) is 1.00. The molecule has 0 aromatic carbocycles. The molecule has 4 nitrogen and oxygen atoms in total. The van der Waals surface area contributed by atoms with Crippen molar-refractivity contribution < 1.29 is 10.2 Å². The van der Waals surface area contributed by atoms with Crippen molar-refractivity contribution in [2.75, 3.05) is 13.2 Å². The largest absolute Gasteiger partial charge is 0.396 e. The van der Waals surface area contributed by atoms with Crippen molar-refractivity contribution in [3.63, 3.8) is 0 Å². The van der Waals surface area contributed by atoms with E-state index in [1.54, 1.807) is 0 Å². The van der Waals surface area contributed by atoms with Gasteiger partial charge in [0.25, 0.3) is 0 Å². The van der Waals surface area contributed by atoms with Gasteiger partial charge in [-0.05, 0) is 44.4 Å². The second-order valence-corrected chi connectivity index (χ2v) is 5.88. The second kappa shape index (κ2) is 12.5. The zero-order valence-electron chi connectivity index (χ0n) is 12.6. The zero-order valence-corrected chi connectivity index (χ0v) is 12.6. The summed E-state index contributed by atoms with van der Waals surface area (Å²) in [6.45, 7) is 4.49. The molecule has 2 N–H and O–H groups in total. The highest BCUT2D eigenvalue weighted by Crippen LogP contribution is 2.19. The molecule has 114 valence electrons. The molecule has 0 aromatic rings. The fourth-order valence-corrected chi connectivity index (χ4v) is 2.27. The fourth-order valence-electron chi connectivity index (χ4n) is 2.27. The first-order chi connectivity index (χ1) is 9.10. The molecule has 19 heavy (non-hydrogen) atoms. The summed E-state index contributed by atoms with van der Waals surface area (Å²) in [5.74, 6) is 0.698. The number of nitrogens with zero attached hydrogens (tertiary/aromatic N) is 1. The van der Waals surface area contributed by atoms with E-state index in [1.165, 1.54) is 0 Å². The maximum atomic E-state index is 10.4. The lowest BCUT2D eigenvalue weighted by Gasteiger charge is -2.15. The number of unbranched alkanes of at least 4 members (excludes halogenated alkanes) is 3. The lowest BCUT2D eigenvalue weighted by atomic mass is 9.92. The number of hydrogen-bond acceptors (Lipinski definition) is 4. The van der Waals surface area contributed by atoms with Gasteiger partial charge in [-0.15, -0.1) is 0 Å². The minimum atomic E-state index is -0.188. The maximum absolute atomic E-state index is 10.4. The number of rotatable bonds is 13. The lowest BCUT2D eigenvalue weighted by Crippen LogP contribution is -2.09. The predicted molar refractivity (Wildman–Crippen MR) is 79.0 cm³/mol. The Labute approximate surface area is 117 Å². The Morgan fingerprint density at radius 3 is 2.11 bits per heavy atom. The van der Waals surface area contributed by atoms with Gasteiger partial charge in [0.05, 0.1) is 12.6 Å². The molecule has 3 atom stereocenters. The molecule has 0 aliphatic carbocycles. The molecule has 0 spiro atoms. The summed E-state index contributed by atoms with van der Waals surface area (Å²) in [7, 11) is 0. The van der Waals surface area contributed by atoms with Crippen LogP contribution in [0, 0.1) is 16.7 Å². The van der Waals surface area contributed by atoms with E-state index < -0.39 is 0 Å². The monoisotopic (exact) mass is 273 g/mol.